The summed E-state index contributed by atoms with van der Waals surface area (Å²) in [5, 5.41) is 0. The zero-order valence-corrected chi connectivity index (χ0v) is 13.1. The van der Waals surface area contributed by atoms with Crippen LogP contribution in [-0.4, -0.2) is 30.8 Å². The summed E-state index contributed by atoms with van der Waals surface area (Å²) in [7, 11) is -3.16. The zero-order chi connectivity index (χ0) is 14.0. The maximum atomic E-state index is 12.5. The van der Waals surface area contributed by atoms with Crippen LogP contribution < -0.4 is 0 Å². The molecular weight excluding hydrogens is 280 g/mol. The van der Waals surface area contributed by atoms with Gasteiger partial charge >= 0.3 is 0 Å². The van der Waals surface area contributed by atoms with E-state index in [0.29, 0.717) is 25.2 Å². The first kappa shape index (κ1) is 15.2. The van der Waals surface area contributed by atoms with Gasteiger partial charge in [-0.25, -0.2) is 8.42 Å². The quantitative estimate of drug-likeness (QED) is 0.559. The Balaban J connectivity index is 2.06. The van der Waals surface area contributed by atoms with Crippen LogP contribution in [0.5, 0.6) is 0 Å². The highest BCUT2D eigenvalue weighted by Gasteiger charge is 2.59. The van der Waals surface area contributed by atoms with Gasteiger partial charge in [-0.2, -0.15) is 0 Å². The second-order valence-electron chi connectivity index (χ2n) is 5.68. The van der Waals surface area contributed by atoms with Gasteiger partial charge in [0.25, 0.3) is 0 Å². The van der Waals surface area contributed by atoms with Gasteiger partial charge in [-0.1, -0.05) is 13.3 Å². The smallest absolute Gasteiger partial charge is 0.215 e. The molecule has 0 aromatic carbocycles. The van der Waals surface area contributed by atoms with Gasteiger partial charge in [0, 0.05) is 24.0 Å². The Kier molecular flexibility index (Phi) is 4.54. The molecule has 3 aliphatic rings. The van der Waals surface area contributed by atoms with Gasteiger partial charge in [0.05, 0.1) is 12.4 Å². The molecule has 0 aliphatic carbocycles. The van der Waals surface area contributed by atoms with Crippen LogP contribution in [0.1, 0.15) is 45.4 Å². The summed E-state index contributed by atoms with van der Waals surface area (Å²) in [6, 6.07) is 0. The van der Waals surface area contributed by atoms with E-state index in [1.807, 2.05) is 0 Å². The minimum atomic E-state index is -3.16. The number of hydrogen-bond acceptors (Lipinski definition) is 4. The average molecular weight is 302 g/mol. The Morgan fingerprint density at radius 2 is 2.16 bits per heavy atom. The summed E-state index contributed by atoms with van der Waals surface area (Å²) in [4.78, 5) is 0. The van der Waals surface area contributed by atoms with Crippen LogP contribution >= 0.6 is 11.8 Å². The lowest BCUT2D eigenvalue weighted by atomic mass is 9.88. The Morgan fingerprint density at radius 3 is 2.68 bits per heavy atom. The minimum Gasteiger partial charge on any atom is -0.350 e. The van der Waals surface area contributed by atoms with Crippen LogP contribution in [0.3, 0.4) is 0 Å². The first-order valence-electron chi connectivity index (χ1n) is 6.93. The Hall–Kier alpha value is -0.180. The molecule has 3 nitrogen and oxygen atoms in total. The van der Waals surface area contributed by atoms with Crippen molar-refractivity contribution in [3.8, 4) is 12.3 Å². The maximum Gasteiger partial charge on any atom is 0.215 e. The fraction of sp³-hybridized carbons (Fsp3) is 0.857. The molecule has 2 bridgehead atoms. The maximum absolute atomic E-state index is 12.5. The summed E-state index contributed by atoms with van der Waals surface area (Å²) in [5.41, 5.74) is -0.140. The molecule has 0 radical (unpaired) electrons. The molecule has 3 heterocycles. The Labute approximate surface area is 120 Å². The fourth-order valence-electron chi connectivity index (χ4n) is 3.00. The summed E-state index contributed by atoms with van der Waals surface area (Å²) < 4.78 is 29.9. The largest absolute Gasteiger partial charge is 0.350 e. The predicted molar refractivity (Wildman–Crippen MR) is 79.6 cm³/mol. The third-order valence-corrected chi connectivity index (χ3v) is 8.90. The summed E-state index contributed by atoms with van der Waals surface area (Å²) >= 11 is 1.50. The van der Waals surface area contributed by atoms with Gasteiger partial charge in [0.15, 0.2) is 9.84 Å². The third kappa shape index (κ3) is 2.81. The molecule has 2 atom stereocenters. The van der Waals surface area contributed by atoms with Crippen molar-refractivity contribution in [2.75, 3.05) is 18.1 Å². The van der Waals surface area contributed by atoms with Crippen LogP contribution in [0.15, 0.2) is 0 Å². The van der Waals surface area contributed by atoms with E-state index >= 15 is 0 Å². The molecule has 2 unspecified atom stereocenters. The van der Waals surface area contributed by atoms with Gasteiger partial charge in [0.1, 0.15) is 0 Å². The highest BCUT2D eigenvalue weighted by molar-refractivity contribution is 8.15. The molecular formula is C14H22O3S2. The molecule has 108 valence electrons. The number of unbranched alkanes of at least 4 members (excludes halogenated alkanes) is 2. The van der Waals surface area contributed by atoms with Crippen molar-refractivity contribution in [1.82, 2.24) is 0 Å². The molecule has 3 fully saturated rings. The van der Waals surface area contributed by atoms with Crippen molar-refractivity contribution in [3.05, 3.63) is 0 Å². The van der Waals surface area contributed by atoms with Crippen molar-refractivity contribution in [3.63, 3.8) is 0 Å². The molecule has 0 saturated carbocycles. The van der Waals surface area contributed by atoms with Crippen molar-refractivity contribution < 1.29 is 13.2 Å². The number of sulfone groups is 1. The number of ether oxygens (including phenoxy) is 1. The van der Waals surface area contributed by atoms with Crippen molar-refractivity contribution in [2.45, 2.75) is 49.7 Å². The first-order chi connectivity index (χ1) is 8.99. The molecule has 0 aromatic heterocycles. The van der Waals surface area contributed by atoms with Gasteiger partial charge in [-0.15, -0.1) is 24.1 Å². The lowest BCUT2D eigenvalue weighted by Gasteiger charge is -2.51. The molecule has 5 heteroatoms. The molecule has 19 heavy (non-hydrogen) atoms. The number of hydrogen-bond donors (Lipinski definition) is 0. The third-order valence-electron chi connectivity index (χ3n) is 4.00. The van der Waals surface area contributed by atoms with Crippen LogP contribution in [0.4, 0.5) is 0 Å². The highest BCUT2D eigenvalue weighted by atomic mass is 32.3. The fourth-order valence-corrected chi connectivity index (χ4v) is 7.54. The summed E-state index contributed by atoms with van der Waals surface area (Å²) in [6.45, 7) is 2.70. The van der Waals surface area contributed by atoms with Gasteiger partial charge in [0.2, 0.25) is 4.27 Å². The molecule has 0 N–H and O–H groups in total. The van der Waals surface area contributed by atoms with Gasteiger partial charge < -0.3 is 4.74 Å². The Bertz CT molecular complexity index is 454. The zero-order valence-electron chi connectivity index (χ0n) is 11.5. The average Bonchev–Trinajstić information content (AvgIpc) is 2.36. The predicted octanol–water partition coefficient (Wildman–Crippen LogP) is 2.81. The molecule has 0 amide bonds. The molecule has 0 aromatic rings. The van der Waals surface area contributed by atoms with E-state index in [4.69, 9.17) is 11.2 Å². The number of thioether (sulfide) groups is 1. The summed E-state index contributed by atoms with van der Waals surface area (Å²) in [5.74, 6) is 3.81. The van der Waals surface area contributed by atoms with Crippen LogP contribution in [0, 0.1) is 17.8 Å². The monoisotopic (exact) mass is 302 g/mol. The normalized spacial score (nSPS) is 36.0. The van der Waals surface area contributed by atoms with Crippen molar-refractivity contribution >= 4 is 21.6 Å². The van der Waals surface area contributed by atoms with E-state index in [-0.39, 0.29) is 5.41 Å². The molecule has 0 spiro atoms. The Morgan fingerprint density at radius 1 is 1.37 bits per heavy atom. The van der Waals surface area contributed by atoms with Crippen molar-refractivity contribution in [1.29, 1.82) is 0 Å². The van der Waals surface area contributed by atoms with E-state index in [1.165, 1.54) is 11.8 Å². The second-order valence-corrected chi connectivity index (χ2v) is 9.35. The molecule has 3 saturated heterocycles. The van der Waals surface area contributed by atoms with E-state index in [1.54, 1.807) is 0 Å². The van der Waals surface area contributed by atoms with Crippen LogP contribution in [-0.2, 0) is 14.6 Å². The van der Waals surface area contributed by atoms with Gasteiger partial charge in [-0.05, 0) is 19.3 Å². The van der Waals surface area contributed by atoms with E-state index in [9.17, 15) is 8.42 Å². The SMILES string of the molecule is C#CCCCCC12OCC(CCC)(CS1)CS2(=O)=O. The number of rotatable bonds is 6. The number of fused-ring (bicyclic) bond motifs is 3. The lowest BCUT2D eigenvalue weighted by Crippen LogP contribution is -2.59. The topological polar surface area (TPSA) is 43.4 Å². The number of terminal acetylenes is 1. The minimum absolute atomic E-state index is 0.140. The molecule has 3 rings (SSSR count). The standard InChI is InChI=1S/C14H22O3S2/c1-3-5-6-7-9-14-17-10-13(8-4-2,11-18-14)12-19(14,15)16/h1H,4-12H2,2H3. The lowest BCUT2D eigenvalue weighted by molar-refractivity contribution is -0.00887. The van der Waals surface area contributed by atoms with Crippen molar-refractivity contribution in [2.24, 2.45) is 5.41 Å². The first-order valence-corrected chi connectivity index (χ1v) is 9.57. The van der Waals surface area contributed by atoms with Crippen LogP contribution in [0.25, 0.3) is 0 Å². The van der Waals surface area contributed by atoms with E-state index in [0.717, 1.165) is 31.4 Å². The van der Waals surface area contributed by atoms with E-state index < -0.39 is 14.1 Å². The molecule has 3 aliphatic heterocycles. The highest BCUT2D eigenvalue weighted by Crippen LogP contribution is 2.54. The summed E-state index contributed by atoms with van der Waals surface area (Å²) in [6.07, 6.45) is 10.1. The van der Waals surface area contributed by atoms with Gasteiger partial charge in [-0.3, -0.25) is 0 Å². The van der Waals surface area contributed by atoms with Crippen LogP contribution in [0.2, 0.25) is 0 Å². The van der Waals surface area contributed by atoms with E-state index in [2.05, 4.69) is 12.8 Å². The second kappa shape index (κ2) is 5.67.